The third-order valence-corrected chi connectivity index (χ3v) is 1.35. The van der Waals surface area contributed by atoms with Crippen molar-refractivity contribution in [3.8, 4) is 0 Å². The number of carbonyl (C=O) groups excluding carboxylic acids is 1. The van der Waals surface area contributed by atoms with Crippen molar-refractivity contribution in [2.24, 2.45) is 5.73 Å². The molecule has 0 heterocycles. The molecule has 0 aliphatic heterocycles. The molecule has 0 aromatic carbocycles. The van der Waals surface area contributed by atoms with Crippen LogP contribution < -0.4 is 11.1 Å². The second kappa shape index (κ2) is 5.10. The van der Waals surface area contributed by atoms with Gasteiger partial charge in [-0.3, -0.25) is 4.79 Å². The molecule has 0 unspecified atom stereocenters. The van der Waals surface area contributed by atoms with E-state index in [-0.39, 0.29) is 0 Å². The summed E-state index contributed by atoms with van der Waals surface area (Å²) in [6, 6.07) is -1.02. The molecule has 0 spiro atoms. The number of hydrogen-bond acceptors (Lipinski definition) is 5. The smallest absolute Gasteiger partial charge is 0.426 e. The minimum absolute atomic E-state index is 0.472. The maximum Gasteiger partial charge on any atom is 0.475 e. The van der Waals surface area contributed by atoms with E-state index in [0.717, 1.165) is 0 Å². The number of amides is 1. The highest BCUT2D eigenvalue weighted by molar-refractivity contribution is 6.43. The molecular formula is C5H13BN2O4. The molecule has 0 saturated heterocycles. The predicted octanol–water partition coefficient (Wildman–Crippen LogP) is -3.18. The van der Waals surface area contributed by atoms with Crippen LogP contribution in [0.2, 0.25) is 0 Å². The monoisotopic (exact) mass is 176 g/mol. The van der Waals surface area contributed by atoms with Crippen LogP contribution in [0.25, 0.3) is 0 Å². The van der Waals surface area contributed by atoms with E-state index >= 15 is 0 Å². The van der Waals surface area contributed by atoms with Gasteiger partial charge >= 0.3 is 7.12 Å². The SMILES string of the molecule is C[C@H](NC(=O)[C@@H](N)CO)B(O)O. The first-order chi connectivity index (χ1) is 5.49. The average molecular weight is 176 g/mol. The van der Waals surface area contributed by atoms with Crippen LogP contribution in [0.4, 0.5) is 0 Å². The van der Waals surface area contributed by atoms with E-state index in [1.54, 1.807) is 0 Å². The molecule has 0 radical (unpaired) electrons. The third-order valence-electron chi connectivity index (χ3n) is 1.35. The number of nitrogens with one attached hydrogen (secondary N) is 1. The van der Waals surface area contributed by atoms with Gasteiger partial charge in [0.05, 0.1) is 12.5 Å². The Hall–Kier alpha value is -0.625. The molecule has 0 rings (SSSR count). The van der Waals surface area contributed by atoms with Crippen molar-refractivity contribution in [2.75, 3.05) is 6.61 Å². The largest absolute Gasteiger partial charge is 0.475 e. The number of aliphatic hydroxyl groups is 1. The van der Waals surface area contributed by atoms with E-state index in [0.29, 0.717) is 0 Å². The third kappa shape index (κ3) is 3.68. The number of carbonyl (C=O) groups is 1. The van der Waals surface area contributed by atoms with Crippen molar-refractivity contribution in [2.45, 2.75) is 18.9 Å². The Kier molecular flexibility index (Phi) is 4.83. The molecule has 0 bridgehead atoms. The molecule has 6 nitrogen and oxygen atoms in total. The molecule has 2 atom stereocenters. The van der Waals surface area contributed by atoms with Gasteiger partial charge in [-0.25, -0.2) is 0 Å². The highest BCUT2D eigenvalue weighted by Crippen LogP contribution is 1.85. The molecule has 70 valence electrons. The maximum absolute atomic E-state index is 10.9. The van der Waals surface area contributed by atoms with Crippen LogP contribution in [-0.2, 0) is 4.79 Å². The minimum Gasteiger partial charge on any atom is -0.426 e. The van der Waals surface area contributed by atoms with Crippen LogP contribution >= 0.6 is 0 Å². The second-order valence-electron chi connectivity index (χ2n) is 2.50. The van der Waals surface area contributed by atoms with Crippen molar-refractivity contribution < 1.29 is 19.9 Å². The summed E-state index contributed by atoms with van der Waals surface area (Å²) in [7, 11) is -1.63. The van der Waals surface area contributed by atoms with Crippen molar-refractivity contribution in [3.63, 3.8) is 0 Å². The summed E-state index contributed by atoms with van der Waals surface area (Å²) in [4.78, 5) is 10.9. The van der Waals surface area contributed by atoms with E-state index in [4.69, 9.17) is 20.9 Å². The van der Waals surface area contributed by atoms with Crippen LogP contribution in [0.1, 0.15) is 6.92 Å². The zero-order valence-corrected chi connectivity index (χ0v) is 6.77. The molecule has 0 aliphatic rings. The molecule has 0 saturated carbocycles. The Labute approximate surface area is 70.5 Å². The van der Waals surface area contributed by atoms with Gasteiger partial charge in [0.15, 0.2) is 0 Å². The topological polar surface area (TPSA) is 116 Å². The van der Waals surface area contributed by atoms with Crippen LogP contribution in [0.15, 0.2) is 0 Å². The van der Waals surface area contributed by atoms with Crippen LogP contribution in [0.5, 0.6) is 0 Å². The number of nitrogens with two attached hydrogens (primary N) is 1. The minimum atomic E-state index is -1.63. The van der Waals surface area contributed by atoms with Gasteiger partial charge in [0, 0.05) is 0 Å². The van der Waals surface area contributed by atoms with E-state index in [1.807, 2.05) is 0 Å². The Balaban J connectivity index is 3.84. The molecule has 0 aromatic rings. The van der Waals surface area contributed by atoms with E-state index in [1.165, 1.54) is 6.92 Å². The highest BCUT2D eigenvalue weighted by Gasteiger charge is 2.22. The first kappa shape index (κ1) is 11.4. The van der Waals surface area contributed by atoms with E-state index in [9.17, 15) is 4.79 Å². The van der Waals surface area contributed by atoms with E-state index < -0.39 is 31.6 Å². The molecule has 0 fully saturated rings. The summed E-state index contributed by atoms with van der Waals surface area (Å²) in [5.41, 5.74) is 5.14. The molecular weight excluding hydrogens is 163 g/mol. The molecule has 1 amide bonds. The summed E-state index contributed by atoms with van der Waals surface area (Å²) in [5, 5.41) is 27.8. The van der Waals surface area contributed by atoms with Gasteiger partial charge in [0.1, 0.15) is 6.04 Å². The average Bonchev–Trinajstić information content (AvgIpc) is 2.02. The summed E-state index contributed by atoms with van der Waals surface area (Å²) in [6.45, 7) is 0.937. The number of hydrogen-bond donors (Lipinski definition) is 5. The molecule has 6 N–H and O–H groups in total. The fourth-order valence-electron chi connectivity index (χ4n) is 0.489. The molecule has 0 aliphatic carbocycles. The fraction of sp³-hybridized carbons (Fsp3) is 0.800. The van der Waals surface area contributed by atoms with Crippen LogP contribution in [0, 0.1) is 0 Å². The lowest BCUT2D eigenvalue weighted by Gasteiger charge is -2.14. The maximum atomic E-state index is 10.9. The van der Waals surface area contributed by atoms with Crippen LogP contribution in [-0.4, -0.2) is 46.8 Å². The Morgan fingerprint density at radius 3 is 2.50 bits per heavy atom. The second-order valence-corrected chi connectivity index (χ2v) is 2.50. The van der Waals surface area contributed by atoms with Gasteiger partial charge in [-0.15, -0.1) is 0 Å². The zero-order chi connectivity index (χ0) is 9.72. The predicted molar refractivity (Wildman–Crippen MR) is 42.9 cm³/mol. The lowest BCUT2D eigenvalue weighted by molar-refractivity contribution is -0.123. The van der Waals surface area contributed by atoms with E-state index in [2.05, 4.69) is 5.32 Å². The molecule has 7 heteroatoms. The summed E-state index contributed by atoms with van der Waals surface area (Å²) in [6.07, 6.45) is 0. The molecule has 0 aromatic heterocycles. The molecule has 12 heavy (non-hydrogen) atoms. The van der Waals surface area contributed by atoms with Crippen LogP contribution in [0.3, 0.4) is 0 Å². The van der Waals surface area contributed by atoms with Gasteiger partial charge in [0.2, 0.25) is 5.91 Å². The quantitative estimate of drug-likeness (QED) is 0.289. The van der Waals surface area contributed by atoms with Gasteiger partial charge < -0.3 is 26.2 Å². The summed E-state index contributed by atoms with van der Waals surface area (Å²) >= 11 is 0. The highest BCUT2D eigenvalue weighted by atomic mass is 16.4. The first-order valence-electron chi connectivity index (χ1n) is 3.52. The van der Waals surface area contributed by atoms with Gasteiger partial charge in [-0.1, -0.05) is 0 Å². The first-order valence-corrected chi connectivity index (χ1v) is 3.52. The van der Waals surface area contributed by atoms with Gasteiger partial charge in [-0.2, -0.15) is 0 Å². The van der Waals surface area contributed by atoms with Gasteiger partial charge in [-0.05, 0) is 6.92 Å². The normalized spacial score (nSPS) is 15.1. The number of rotatable bonds is 4. The van der Waals surface area contributed by atoms with Gasteiger partial charge in [0.25, 0.3) is 0 Å². The fourth-order valence-corrected chi connectivity index (χ4v) is 0.489. The Morgan fingerprint density at radius 1 is 1.67 bits per heavy atom. The van der Waals surface area contributed by atoms with Crippen molar-refractivity contribution in [1.82, 2.24) is 5.32 Å². The van der Waals surface area contributed by atoms with Crippen molar-refractivity contribution in [1.29, 1.82) is 0 Å². The lowest BCUT2D eigenvalue weighted by Crippen LogP contribution is -2.51. The lowest BCUT2D eigenvalue weighted by atomic mass is 9.81. The van der Waals surface area contributed by atoms with Crippen molar-refractivity contribution >= 4 is 13.0 Å². The standard InChI is InChI=1S/C5H13BN2O4/c1-3(6(11)12)8-5(10)4(7)2-9/h3-4,9,11-12H,2,7H2,1H3,(H,8,10)/t3-,4-/m0/s1. The zero-order valence-electron chi connectivity index (χ0n) is 6.77. The Morgan fingerprint density at radius 2 is 2.17 bits per heavy atom. The summed E-state index contributed by atoms with van der Waals surface area (Å²) in [5.74, 6) is -1.41. The summed E-state index contributed by atoms with van der Waals surface area (Å²) < 4.78 is 0. The number of aliphatic hydroxyl groups excluding tert-OH is 1. The Bertz CT molecular complexity index is 154. The van der Waals surface area contributed by atoms with Crippen molar-refractivity contribution in [3.05, 3.63) is 0 Å².